The number of benzene rings is 3. The fourth-order valence-electron chi connectivity index (χ4n) is 5.19. The maximum absolute atomic E-state index is 13.2. The van der Waals surface area contributed by atoms with Crippen LogP contribution in [0.1, 0.15) is 5.56 Å². The molecule has 0 aromatic heterocycles. The third kappa shape index (κ3) is 3.38. The van der Waals surface area contributed by atoms with Crippen LogP contribution in [0.25, 0.3) is 11.1 Å². The van der Waals surface area contributed by atoms with E-state index in [1.165, 1.54) is 0 Å². The number of carbonyl (C=O) groups is 1. The van der Waals surface area contributed by atoms with Gasteiger partial charge in [-0.2, -0.15) is 0 Å². The van der Waals surface area contributed by atoms with Gasteiger partial charge in [0.2, 0.25) is 0 Å². The molecule has 1 saturated carbocycles. The Balaban J connectivity index is 1.57. The molecule has 0 bridgehead atoms. The number of anilines is 3. The van der Waals surface area contributed by atoms with Crippen LogP contribution < -0.4 is 20.9 Å². The first-order chi connectivity index (χ1) is 15.9. The molecular formula is C25H21Cl3N4O. The number of urea groups is 1. The first kappa shape index (κ1) is 21.1. The molecule has 33 heavy (non-hydrogen) atoms. The van der Waals surface area contributed by atoms with Crippen LogP contribution in [0.3, 0.4) is 0 Å². The van der Waals surface area contributed by atoms with Gasteiger partial charge in [-0.25, -0.2) is 4.79 Å². The third-order valence-corrected chi connectivity index (χ3v) is 7.96. The van der Waals surface area contributed by atoms with E-state index in [-0.39, 0.29) is 6.03 Å². The lowest BCUT2D eigenvalue weighted by molar-refractivity contribution is 0.247. The Morgan fingerprint density at radius 3 is 2.24 bits per heavy atom. The summed E-state index contributed by atoms with van der Waals surface area (Å²) in [7, 11) is 0. The highest BCUT2D eigenvalue weighted by Crippen LogP contribution is 2.49. The average molecular weight is 500 g/mol. The molecule has 2 aliphatic heterocycles. The van der Waals surface area contributed by atoms with Gasteiger partial charge in [-0.3, -0.25) is 4.90 Å². The Kier molecular flexibility index (Phi) is 5.00. The zero-order valence-electron chi connectivity index (χ0n) is 17.6. The molecule has 8 heteroatoms. The van der Waals surface area contributed by atoms with Crippen LogP contribution in [0, 0.1) is 11.8 Å². The quantitative estimate of drug-likeness (QED) is 0.460. The molecule has 6 rings (SSSR count). The van der Waals surface area contributed by atoms with Crippen LogP contribution in [0.4, 0.5) is 21.9 Å². The number of carbonyl (C=O) groups excluding carboxylic acids is 1. The second-order valence-corrected chi connectivity index (χ2v) is 10.1. The summed E-state index contributed by atoms with van der Waals surface area (Å²) in [6.07, 6.45) is 0. The number of para-hydroxylation sites is 1. The number of hydrogen-bond acceptors (Lipinski definition) is 3. The van der Waals surface area contributed by atoms with Gasteiger partial charge < -0.3 is 16.0 Å². The van der Waals surface area contributed by atoms with Gasteiger partial charge in [0, 0.05) is 47.5 Å². The number of halogens is 3. The fraction of sp³-hybridized carbons (Fsp3) is 0.240. The van der Waals surface area contributed by atoms with Crippen molar-refractivity contribution in [1.82, 2.24) is 5.32 Å². The summed E-state index contributed by atoms with van der Waals surface area (Å²) in [6.45, 7) is 2.20. The molecule has 1 unspecified atom stereocenters. The SMILES string of the molecule is NC1[C@H]2CN(c3cc(-c4ccccc4Cl)c4c(c3)N(c3c(Cl)cccc3Cl)C(=O)NC4)C[C@@H]12. The Labute approximate surface area is 207 Å². The van der Waals surface area contributed by atoms with Gasteiger partial charge in [0.1, 0.15) is 0 Å². The molecule has 2 fully saturated rings. The number of hydrogen-bond donors (Lipinski definition) is 2. The van der Waals surface area contributed by atoms with E-state index >= 15 is 0 Å². The summed E-state index contributed by atoms with van der Waals surface area (Å²) in [4.78, 5) is 17.1. The van der Waals surface area contributed by atoms with Crippen LogP contribution in [0.2, 0.25) is 15.1 Å². The minimum absolute atomic E-state index is 0.272. The van der Waals surface area contributed by atoms with E-state index in [1.807, 2.05) is 24.3 Å². The monoisotopic (exact) mass is 498 g/mol. The lowest BCUT2D eigenvalue weighted by atomic mass is 9.94. The van der Waals surface area contributed by atoms with E-state index < -0.39 is 0 Å². The van der Waals surface area contributed by atoms with Crippen molar-refractivity contribution in [2.24, 2.45) is 17.6 Å². The Bertz CT molecular complexity index is 1260. The first-order valence-electron chi connectivity index (χ1n) is 10.9. The zero-order chi connectivity index (χ0) is 22.9. The molecule has 0 spiro atoms. The van der Waals surface area contributed by atoms with Crippen LogP contribution in [0.5, 0.6) is 0 Å². The Hall–Kier alpha value is -2.44. The molecule has 2 amide bonds. The minimum Gasteiger partial charge on any atom is -0.371 e. The normalized spacial score (nSPS) is 23.3. The van der Waals surface area contributed by atoms with E-state index in [0.717, 1.165) is 41.2 Å². The number of piperidine rings is 1. The number of fused-ring (bicyclic) bond motifs is 2. The fourth-order valence-corrected chi connectivity index (χ4v) is 5.99. The van der Waals surface area contributed by atoms with E-state index in [1.54, 1.807) is 23.1 Å². The predicted octanol–water partition coefficient (Wildman–Crippen LogP) is 6.07. The molecule has 0 radical (unpaired) electrons. The van der Waals surface area contributed by atoms with E-state index in [0.29, 0.717) is 45.2 Å². The molecule has 5 nitrogen and oxygen atoms in total. The largest absolute Gasteiger partial charge is 0.371 e. The van der Waals surface area contributed by atoms with Gasteiger partial charge in [0.05, 0.1) is 21.4 Å². The van der Waals surface area contributed by atoms with Crippen molar-refractivity contribution in [2.45, 2.75) is 12.6 Å². The number of nitrogens with one attached hydrogen (secondary N) is 1. The highest BCUT2D eigenvalue weighted by molar-refractivity contribution is 6.40. The van der Waals surface area contributed by atoms with Gasteiger partial charge >= 0.3 is 6.03 Å². The van der Waals surface area contributed by atoms with E-state index in [9.17, 15) is 4.79 Å². The number of nitrogens with zero attached hydrogens (tertiary/aromatic N) is 2. The predicted molar refractivity (Wildman–Crippen MR) is 135 cm³/mol. The lowest BCUT2D eigenvalue weighted by Crippen LogP contribution is -2.42. The van der Waals surface area contributed by atoms with Gasteiger partial charge in [0.15, 0.2) is 0 Å². The lowest BCUT2D eigenvalue weighted by Gasteiger charge is -2.34. The van der Waals surface area contributed by atoms with E-state index in [2.05, 4.69) is 22.3 Å². The number of amides is 2. The van der Waals surface area contributed by atoms with E-state index in [4.69, 9.17) is 40.5 Å². The smallest absolute Gasteiger partial charge is 0.326 e. The number of rotatable bonds is 3. The number of nitrogens with two attached hydrogens (primary N) is 1. The third-order valence-electron chi connectivity index (χ3n) is 7.02. The molecular weight excluding hydrogens is 479 g/mol. The van der Waals surface area contributed by atoms with Crippen LogP contribution in [-0.2, 0) is 6.54 Å². The second-order valence-electron chi connectivity index (χ2n) is 8.85. The average Bonchev–Trinajstić information content (AvgIpc) is 3.19. The topological polar surface area (TPSA) is 61.6 Å². The van der Waals surface area contributed by atoms with Crippen molar-refractivity contribution >= 4 is 57.9 Å². The van der Waals surface area contributed by atoms with Crippen LogP contribution >= 0.6 is 34.8 Å². The maximum Gasteiger partial charge on any atom is 0.326 e. The van der Waals surface area contributed by atoms with Crippen molar-refractivity contribution in [1.29, 1.82) is 0 Å². The summed E-state index contributed by atoms with van der Waals surface area (Å²) in [5.74, 6) is 1.06. The molecule has 2 heterocycles. The zero-order valence-corrected chi connectivity index (χ0v) is 19.8. The molecule has 3 aromatic rings. The standard InChI is InChI=1S/C25H21Cl3N4O/c26-19-5-2-1-4-14(19)15-8-13(31-11-17-18(12-31)23(17)29)9-22-16(15)10-30-25(33)32(22)24-20(27)6-3-7-21(24)28/h1-9,17-18,23H,10-12,29H2,(H,30,33)/t17-,18+,23?. The summed E-state index contributed by atoms with van der Waals surface area (Å²) < 4.78 is 0. The van der Waals surface area contributed by atoms with Gasteiger partial charge in [-0.05, 0) is 47.7 Å². The van der Waals surface area contributed by atoms with Crippen molar-refractivity contribution in [2.75, 3.05) is 22.9 Å². The highest BCUT2D eigenvalue weighted by atomic mass is 35.5. The molecule has 168 valence electrons. The molecule has 3 aliphatic rings. The molecule has 3 atom stereocenters. The molecule has 3 N–H and O–H groups in total. The van der Waals surface area contributed by atoms with Gasteiger partial charge in [0.25, 0.3) is 0 Å². The minimum atomic E-state index is -0.272. The first-order valence-corrected chi connectivity index (χ1v) is 12.0. The molecule has 1 aliphatic carbocycles. The molecule has 3 aromatic carbocycles. The van der Waals surface area contributed by atoms with Crippen molar-refractivity contribution in [3.05, 3.63) is 75.2 Å². The van der Waals surface area contributed by atoms with Crippen LogP contribution in [-0.4, -0.2) is 25.2 Å². The van der Waals surface area contributed by atoms with Gasteiger partial charge in [-0.1, -0.05) is 59.1 Å². The van der Waals surface area contributed by atoms with Gasteiger partial charge in [-0.15, -0.1) is 0 Å². The maximum atomic E-state index is 13.2. The summed E-state index contributed by atoms with van der Waals surface area (Å²) >= 11 is 19.7. The van der Waals surface area contributed by atoms with Crippen molar-refractivity contribution < 1.29 is 4.79 Å². The van der Waals surface area contributed by atoms with Crippen molar-refractivity contribution in [3.63, 3.8) is 0 Å². The Morgan fingerprint density at radius 2 is 1.55 bits per heavy atom. The summed E-state index contributed by atoms with van der Waals surface area (Å²) in [6, 6.07) is 17.2. The van der Waals surface area contributed by atoms with Crippen LogP contribution in [0.15, 0.2) is 54.6 Å². The molecule has 1 saturated heterocycles. The van der Waals surface area contributed by atoms with Crippen molar-refractivity contribution in [3.8, 4) is 11.1 Å². The highest BCUT2D eigenvalue weighted by Gasteiger charge is 2.53. The second kappa shape index (κ2) is 7.81. The summed E-state index contributed by atoms with van der Waals surface area (Å²) in [5, 5.41) is 4.44. The summed E-state index contributed by atoms with van der Waals surface area (Å²) in [5.41, 5.74) is 11.3. The Morgan fingerprint density at radius 1 is 0.879 bits per heavy atom.